The molecule has 0 aromatic heterocycles. The second kappa shape index (κ2) is 4.34. The molecule has 0 fully saturated rings. The van der Waals surface area contributed by atoms with E-state index in [0.29, 0.717) is 0 Å². The van der Waals surface area contributed by atoms with Crippen molar-refractivity contribution < 1.29 is 14.6 Å². The molecule has 2 rings (SSSR count). The Morgan fingerprint density at radius 1 is 1.33 bits per heavy atom. The molecule has 1 aromatic rings. The van der Waals surface area contributed by atoms with Gasteiger partial charge in [0.25, 0.3) is 0 Å². The summed E-state index contributed by atoms with van der Waals surface area (Å²) in [7, 11) is 0. The molecule has 0 unspecified atom stereocenters. The number of rotatable bonds is 2. The Morgan fingerprint density at radius 3 is 2.93 bits per heavy atom. The minimum Gasteiger partial charge on any atom is -0.450 e. The smallest absolute Gasteiger partial charge is 0.450 e. The number of fused-ring (bicyclic) bond motifs is 1. The topological polar surface area (TPSA) is 46.5 Å². The molecule has 0 radical (unpaired) electrons. The minimum atomic E-state index is -1.21. The van der Waals surface area contributed by atoms with Gasteiger partial charge < -0.3 is 9.84 Å². The van der Waals surface area contributed by atoms with Gasteiger partial charge in [-0.3, -0.25) is 0 Å². The Morgan fingerprint density at radius 2 is 2.13 bits per heavy atom. The van der Waals surface area contributed by atoms with Crippen LogP contribution in [0.5, 0.6) is 0 Å². The van der Waals surface area contributed by atoms with E-state index in [9.17, 15) is 4.79 Å². The SMILES string of the molecule is O=C(O)OCc1cccc2c1CCCC2. The van der Waals surface area contributed by atoms with Gasteiger partial charge in [0.1, 0.15) is 6.61 Å². The second-order valence-electron chi connectivity index (χ2n) is 3.82. The molecule has 0 bridgehead atoms. The third-order valence-corrected chi connectivity index (χ3v) is 2.84. The fourth-order valence-electron chi connectivity index (χ4n) is 2.14. The normalized spacial score (nSPS) is 14.4. The monoisotopic (exact) mass is 206 g/mol. The van der Waals surface area contributed by atoms with Gasteiger partial charge in [0.2, 0.25) is 0 Å². The Balaban J connectivity index is 2.19. The number of aryl methyl sites for hydroxylation is 1. The molecule has 1 aliphatic rings. The highest BCUT2D eigenvalue weighted by Crippen LogP contribution is 2.24. The lowest BCUT2D eigenvalue weighted by Crippen LogP contribution is -2.08. The zero-order valence-electron chi connectivity index (χ0n) is 8.53. The zero-order valence-corrected chi connectivity index (χ0v) is 8.53. The summed E-state index contributed by atoms with van der Waals surface area (Å²) in [6.45, 7) is 0.179. The van der Waals surface area contributed by atoms with E-state index in [0.717, 1.165) is 18.4 Å². The van der Waals surface area contributed by atoms with E-state index in [1.807, 2.05) is 12.1 Å². The number of benzene rings is 1. The maximum Gasteiger partial charge on any atom is 0.506 e. The summed E-state index contributed by atoms with van der Waals surface area (Å²) in [6.07, 6.45) is 3.38. The first kappa shape index (κ1) is 10.0. The Labute approximate surface area is 88.7 Å². The van der Waals surface area contributed by atoms with Gasteiger partial charge in [-0.1, -0.05) is 18.2 Å². The van der Waals surface area contributed by atoms with Crippen molar-refractivity contribution in [2.24, 2.45) is 0 Å². The van der Waals surface area contributed by atoms with Crippen LogP contribution in [0, 0.1) is 0 Å². The fraction of sp³-hybridized carbons (Fsp3) is 0.417. The summed E-state index contributed by atoms with van der Waals surface area (Å²) in [5.74, 6) is 0. The molecule has 0 spiro atoms. The molecule has 3 nitrogen and oxygen atoms in total. The number of carboxylic acid groups (broad SMARTS) is 1. The summed E-state index contributed by atoms with van der Waals surface area (Å²) in [5, 5.41) is 8.46. The van der Waals surface area contributed by atoms with Crippen LogP contribution < -0.4 is 0 Å². The van der Waals surface area contributed by atoms with Crippen molar-refractivity contribution >= 4 is 6.16 Å². The molecule has 3 heteroatoms. The standard InChI is InChI=1S/C12H14O3/c13-12(14)15-8-10-6-3-5-9-4-1-2-7-11(9)10/h3,5-6H,1-2,4,7-8H2,(H,13,14). The van der Waals surface area contributed by atoms with Crippen molar-refractivity contribution in [2.45, 2.75) is 32.3 Å². The van der Waals surface area contributed by atoms with Gasteiger partial charge in [0, 0.05) is 0 Å². The van der Waals surface area contributed by atoms with Crippen LogP contribution in [0.1, 0.15) is 29.5 Å². The van der Waals surface area contributed by atoms with Gasteiger partial charge in [0.05, 0.1) is 0 Å². The van der Waals surface area contributed by atoms with E-state index < -0.39 is 6.16 Å². The summed E-state index contributed by atoms with van der Waals surface area (Å²) >= 11 is 0. The van der Waals surface area contributed by atoms with Crippen LogP contribution >= 0.6 is 0 Å². The van der Waals surface area contributed by atoms with Gasteiger partial charge in [-0.05, 0) is 42.4 Å². The molecular weight excluding hydrogens is 192 g/mol. The number of hydrogen-bond donors (Lipinski definition) is 1. The average molecular weight is 206 g/mol. The number of carbonyl (C=O) groups is 1. The summed E-state index contributed by atoms with van der Waals surface area (Å²) in [6, 6.07) is 6.05. The van der Waals surface area contributed by atoms with Crippen LogP contribution in [0.4, 0.5) is 4.79 Å². The molecule has 80 valence electrons. The van der Waals surface area contributed by atoms with Gasteiger partial charge >= 0.3 is 6.16 Å². The lowest BCUT2D eigenvalue weighted by Gasteiger charge is -2.18. The van der Waals surface area contributed by atoms with Crippen molar-refractivity contribution in [3.8, 4) is 0 Å². The first-order valence-electron chi connectivity index (χ1n) is 5.23. The van der Waals surface area contributed by atoms with Crippen molar-refractivity contribution in [3.63, 3.8) is 0 Å². The summed E-state index contributed by atoms with van der Waals surface area (Å²) < 4.78 is 4.61. The third kappa shape index (κ3) is 2.29. The molecule has 1 aliphatic carbocycles. The number of ether oxygens (including phenoxy) is 1. The van der Waals surface area contributed by atoms with Crippen LogP contribution in [-0.2, 0) is 24.2 Å². The molecule has 1 N–H and O–H groups in total. The van der Waals surface area contributed by atoms with E-state index in [4.69, 9.17) is 5.11 Å². The van der Waals surface area contributed by atoms with Gasteiger partial charge in [-0.25, -0.2) is 4.79 Å². The fourth-order valence-corrected chi connectivity index (χ4v) is 2.14. The molecule has 1 aromatic carbocycles. The maximum absolute atomic E-state index is 10.3. The zero-order chi connectivity index (χ0) is 10.7. The molecule has 0 saturated heterocycles. The van der Waals surface area contributed by atoms with E-state index in [2.05, 4.69) is 10.8 Å². The third-order valence-electron chi connectivity index (χ3n) is 2.84. The molecule has 15 heavy (non-hydrogen) atoms. The van der Waals surface area contributed by atoms with Gasteiger partial charge in [0.15, 0.2) is 0 Å². The predicted octanol–water partition coefficient (Wildman–Crippen LogP) is 2.76. The first-order chi connectivity index (χ1) is 7.27. The van der Waals surface area contributed by atoms with E-state index in [-0.39, 0.29) is 6.61 Å². The first-order valence-corrected chi connectivity index (χ1v) is 5.23. The average Bonchev–Trinajstić information content (AvgIpc) is 2.26. The minimum absolute atomic E-state index is 0.179. The van der Waals surface area contributed by atoms with Crippen molar-refractivity contribution in [2.75, 3.05) is 0 Å². The van der Waals surface area contributed by atoms with Crippen molar-refractivity contribution in [1.82, 2.24) is 0 Å². The van der Waals surface area contributed by atoms with Crippen molar-refractivity contribution in [1.29, 1.82) is 0 Å². The van der Waals surface area contributed by atoms with E-state index >= 15 is 0 Å². The maximum atomic E-state index is 10.3. The predicted molar refractivity (Wildman–Crippen MR) is 55.9 cm³/mol. The van der Waals surface area contributed by atoms with Crippen molar-refractivity contribution in [3.05, 3.63) is 34.9 Å². The lowest BCUT2D eigenvalue weighted by atomic mass is 9.88. The molecule has 0 heterocycles. The molecule has 0 amide bonds. The van der Waals surface area contributed by atoms with E-state index in [1.54, 1.807) is 0 Å². The highest BCUT2D eigenvalue weighted by molar-refractivity contribution is 5.57. The summed E-state index contributed by atoms with van der Waals surface area (Å²) in [4.78, 5) is 10.3. The van der Waals surface area contributed by atoms with Crippen LogP contribution in [0.25, 0.3) is 0 Å². The van der Waals surface area contributed by atoms with Crippen LogP contribution in [0.3, 0.4) is 0 Å². The highest BCUT2D eigenvalue weighted by Gasteiger charge is 2.13. The highest BCUT2D eigenvalue weighted by atomic mass is 16.7. The molecule has 0 atom stereocenters. The second-order valence-corrected chi connectivity index (χ2v) is 3.82. The summed E-state index contributed by atoms with van der Waals surface area (Å²) in [5.41, 5.74) is 3.67. The van der Waals surface area contributed by atoms with Gasteiger partial charge in [-0.15, -0.1) is 0 Å². The van der Waals surface area contributed by atoms with Gasteiger partial charge in [-0.2, -0.15) is 0 Å². The lowest BCUT2D eigenvalue weighted by molar-refractivity contribution is 0.0851. The Hall–Kier alpha value is -1.51. The molecule has 0 saturated carbocycles. The molecular formula is C12H14O3. The largest absolute Gasteiger partial charge is 0.506 e. The number of hydrogen-bond acceptors (Lipinski definition) is 2. The van der Waals surface area contributed by atoms with E-state index in [1.165, 1.54) is 24.0 Å². The Kier molecular flexibility index (Phi) is 2.90. The van der Waals surface area contributed by atoms with Crippen LogP contribution in [0.15, 0.2) is 18.2 Å². The van der Waals surface area contributed by atoms with Crippen LogP contribution in [-0.4, -0.2) is 11.3 Å². The van der Waals surface area contributed by atoms with Crippen LogP contribution in [0.2, 0.25) is 0 Å². The Bertz CT molecular complexity index is 371. The molecule has 0 aliphatic heterocycles. The quantitative estimate of drug-likeness (QED) is 0.757.